The largest absolute Gasteiger partial charge is 0.444 e. The van der Waals surface area contributed by atoms with E-state index < -0.39 is 5.60 Å². The number of anilines is 1. The molecule has 1 saturated carbocycles. The zero-order chi connectivity index (χ0) is 24.6. The van der Waals surface area contributed by atoms with Crippen molar-refractivity contribution < 1.29 is 14.3 Å². The van der Waals surface area contributed by atoms with E-state index >= 15 is 0 Å². The first-order chi connectivity index (χ1) is 15.5. The van der Waals surface area contributed by atoms with E-state index in [1.165, 1.54) is 11.3 Å². The van der Waals surface area contributed by atoms with Crippen molar-refractivity contribution in [3.8, 4) is 0 Å². The van der Waals surface area contributed by atoms with Crippen LogP contribution in [0.25, 0.3) is 0 Å². The second kappa shape index (κ2) is 9.45. The Bertz CT molecular complexity index is 828. The van der Waals surface area contributed by atoms with Gasteiger partial charge in [0, 0.05) is 56.5 Å². The van der Waals surface area contributed by atoms with E-state index in [2.05, 4.69) is 35.7 Å². The predicted octanol–water partition coefficient (Wildman–Crippen LogP) is 3.91. The first kappa shape index (κ1) is 25.8. The van der Waals surface area contributed by atoms with Gasteiger partial charge in [0.05, 0.1) is 18.2 Å². The quantitative estimate of drug-likeness (QED) is 0.730. The zero-order valence-corrected chi connectivity index (χ0v) is 22.2. The summed E-state index contributed by atoms with van der Waals surface area (Å²) in [5.41, 5.74) is 2.20. The second-order valence-corrected chi connectivity index (χ2v) is 11.1. The van der Waals surface area contributed by atoms with Gasteiger partial charge in [0.25, 0.3) is 0 Å². The maximum Gasteiger partial charge on any atom is 0.410 e. The van der Waals surface area contributed by atoms with Gasteiger partial charge < -0.3 is 24.6 Å². The molecule has 33 heavy (non-hydrogen) atoms. The topological polar surface area (TPSA) is 71.9 Å². The average molecular weight is 464 g/mol. The second-order valence-electron chi connectivity index (χ2n) is 11.1. The molecule has 188 valence electrons. The van der Waals surface area contributed by atoms with Crippen molar-refractivity contribution in [3.63, 3.8) is 0 Å². The highest BCUT2D eigenvalue weighted by atomic mass is 16.6. The predicted molar refractivity (Wildman–Crippen MR) is 132 cm³/mol. The fourth-order valence-corrected chi connectivity index (χ4v) is 5.50. The number of carbonyl (C=O) groups is 1. The summed E-state index contributed by atoms with van der Waals surface area (Å²) < 4.78 is 13.3. The van der Waals surface area contributed by atoms with Crippen LogP contribution in [0.2, 0.25) is 0 Å². The molecule has 3 heterocycles. The van der Waals surface area contributed by atoms with Crippen molar-refractivity contribution in [3.05, 3.63) is 11.3 Å². The van der Waals surface area contributed by atoms with Gasteiger partial charge in [-0.05, 0) is 54.4 Å². The summed E-state index contributed by atoms with van der Waals surface area (Å²) in [5, 5.41) is 8.61. The van der Waals surface area contributed by atoms with Crippen LogP contribution in [0.1, 0.15) is 71.7 Å². The fraction of sp³-hybridized carbons (Fsp3) is 0.840. The average Bonchev–Trinajstić information content (AvgIpc) is 2.95. The maximum absolute atomic E-state index is 12.3. The van der Waals surface area contributed by atoms with Gasteiger partial charge in [-0.3, -0.25) is 4.68 Å². The number of methoxy groups -OCH3 is 1. The summed E-state index contributed by atoms with van der Waals surface area (Å²) in [4.78, 5) is 16.5. The molecular weight excluding hydrogens is 418 g/mol. The van der Waals surface area contributed by atoms with Gasteiger partial charge in [-0.25, -0.2) is 4.79 Å². The van der Waals surface area contributed by atoms with E-state index in [-0.39, 0.29) is 17.0 Å². The van der Waals surface area contributed by atoms with Gasteiger partial charge in [-0.1, -0.05) is 13.8 Å². The van der Waals surface area contributed by atoms with Crippen molar-refractivity contribution in [2.75, 3.05) is 51.3 Å². The van der Waals surface area contributed by atoms with E-state index in [0.717, 1.165) is 51.4 Å². The summed E-state index contributed by atoms with van der Waals surface area (Å²) in [6, 6.07) is 0.407. The molecule has 1 amide bonds. The third kappa shape index (κ3) is 5.02. The Kier molecular flexibility index (Phi) is 7.39. The van der Waals surface area contributed by atoms with E-state index in [4.69, 9.17) is 14.6 Å². The number of ether oxygens (including phenoxy) is 2. The molecular formula is C25H45N5O3. The molecule has 1 aliphatic carbocycles. The molecule has 1 aromatic heterocycles. The molecule has 1 atom stereocenters. The van der Waals surface area contributed by atoms with E-state index in [1.54, 1.807) is 7.11 Å². The molecule has 3 fully saturated rings. The monoisotopic (exact) mass is 463 g/mol. The Balaban J connectivity index is 0.00000149. The number of aromatic nitrogens is 2. The Morgan fingerprint density at radius 3 is 2.42 bits per heavy atom. The van der Waals surface area contributed by atoms with Crippen molar-refractivity contribution in [1.29, 1.82) is 0 Å². The summed E-state index contributed by atoms with van der Waals surface area (Å²) in [7, 11) is 1.77. The van der Waals surface area contributed by atoms with Gasteiger partial charge in [0.2, 0.25) is 0 Å². The van der Waals surface area contributed by atoms with E-state index in [9.17, 15) is 4.79 Å². The van der Waals surface area contributed by atoms with Crippen LogP contribution in [0.5, 0.6) is 0 Å². The molecule has 8 heteroatoms. The van der Waals surface area contributed by atoms with Crippen LogP contribution >= 0.6 is 0 Å². The van der Waals surface area contributed by atoms with Crippen LogP contribution in [-0.4, -0.2) is 78.4 Å². The molecule has 2 saturated heterocycles. The lowest BCUT2D eigenvalue weighted by atomic mass is 9.61. The van der Waals surface area contributed by atoms with Crippen molar-refractivity contribution in [2.24, 2.45) is 5.41 Å². The van der Waals surface area contributed by atoms with Gasteiger partial charge in [-0.15, -0.1) is 0 Å². The standard InChI is InChI=1S/C23H39N5O3.C2H6/c1-16-17(2)28(25-19(16)27-9-8-24-12-22(27,6)15-30-7)18-10-23(11-18)13-26(14-23)20(29)31-21(3,4)5;1-2/h18,24H,8-15H2,1-7H3;1-2H3/t22-;/m1./s1. The van der Waals surface area contributed by atoms with Crippen LogP contribution in [-0.2, 0) is 9.47 Å². The normalized spacial score (nSPS) is 24.6. The number of likely N-dealkylation sites (tertiary alicyclic amines) is 1. The molecule has 0 radical (unpaired) electrons. The first-order valence-electron chi connectivity index (χ1n) is 12.5. The summed E-state index contributed by atoms with van der Waals surface area (Å²) in [6.07, 6.45) is 1.96. The van der Waals surface area contributed by atoms with E-state index in [1.807, 2.05) is 39.5 Å². The minimum absolute atomic E-state index is 0.105. The molecule has 1 aromatic rings. The molecule has 0 aromatic carbocycles. The van der Waals surface area contributed by atoms with Crippen molar-refractivity contribution in [1.82, 2.24) is 20.0 Å². The van der Waals surface area contributed by atoms with Crippen LogP contribution in [0.3, 0.4) is 0 Å². The Labute approximate surface area is 200 Å². The number of nitrogens with one attached hydrogen (secondary N) is 1. The lowest BCUT2D eigenvalue weighted by molar-refractivity contribution is -0.0931. The molecule has 8 nitrogen and oxygen atoms in total. The highest BCUT2D eigenvalue weighted by molar-refractivity contribution is 5.69. The molecule has 1 spiro atoms. The third-order valence-electron chi connectivity index (χ3n) is 7.19. The van der Waals surface area contributed by atoms with Gasteiger partial charge in [0.15, 0.2) is 5.82 Å². The number of nitrogens with zero attached hydrogens (tertiary/aromatic N) is 4. The van der Waals surface area contributed by atoms with E-state index in [0.29, 0.717) is 12.6 Å². The molecule has 1 N–H and O–H groups in total. The van der Waals surface area contributed by atoms with Crippen LogP contribution in [0, 0.1) is 19.3 Å². The summed E-state index contributed by atoms with van der Waals surface area (Å²) in [5.74, 6) is 1.09. The minimum atomic E-state index is -0.441. The van der Waals surface area contributed by atoms with Gasteiger partial charge in [-0.2, -0.15) is 5.10 Å². The Morgan fingerprint density at radius 1 is 1.21 bits per heavy atom. The molecule has 0 bridgehead atoms. The summed E-state index contributed by atoms with van der Waals surface area (Å²) >= 11 is 0. The zero-order valence-electron chi connectivity index (χ0n) is 22.2. The number of hydrogen-bond acceptors (Lipinski definition) is 6. The van der Waals surface area contributed by atoms with Gasteiger partial charge in [0.1, 0.15) is 5.60 Å². The van der Waals surface area contributed by atoms with Crippen LogP contribution in [0.15, 0.2) is 0 Å². The first-order valence-corrected chi connectivity index (χ1v) is 12.5. The molecule has 0 unspecified atom stereocenters. The number of hydrogen-bond donors (Lipinski definition) is 1. The molecule has 2 aliphatic heterocycles. The smallest absolute Gasteiger partial charge is 0.410 e. The number of rotatable bonds is 4. The Hall–Kier alpha value is -1.80. The Morgan fingerprint density at radius 2 is 1.85 bits per heavy atom. The number of amides is 1. The highest BCUT2D eigenvalue weighted by Gasteiger charge is 2.55. The number of carbonyl (C=O) groups excluding carboxylic acids is 1. The van der Waals surface area contributed by atoms with Crippen molar-refractivity contribution in [2.45, 2.75) is 85.4 Å². The SMILES string of the molecule is CC.COC[C@@]1(C)CNCCN1c1nn(C2CC3(C2)CN(C(=O)OC(C)(C)C)C3)c(C)c1C. The molecule has 4 rings (SSSR count). The summed E-state index contributed by atoms with van der Waals surface area (Å²) in [6.45, 7) is 21.4. The molecule has 3 aliphatic rings. The highest BCUT2D eigenvalue weighted by Crippen LogP contribution is 2.54. The van der Waals surface area contributed by atoms with Crippen molar-refractivity contribution >= 4 is 11.9 Å². The maximum atomic E-state index is 12.3. The lowest BCUT2D eigenvalue weighted by Crippen LogP contribution is -2.64. The van der Waals surface area contributed by atoms with Crippen LogP contribution < -0.4 is 10.2 Å². The number of piperazine rings is 1. The fourth-order valence-electron chi connectivity index (χ4n) is 5.50. The third-order valence-corrected chi connectivity index (χ3v) is 7.19. The minimum Gasteiger partial charge on any atom is -0.444 e. The lowest BCUT2D eigenvalue weighted by Gasteiger charge is -2.58. The van der Waals surface area contributed by atoms with Gasteiger partial charge >= 0.3 is 6.09 Å². The van der Waals surface area contributed by atoms with Crippen LogP contribution in [0.4, 0.5) is 10.6 Å².